The first-order chi connectivity index (χ1) is 17.9. The largest absolute Gasteiger partial charge is 0.0917 e. The maximum atomic E-state index is 2.31. The summed E-state index contributed by atoms with van der Waals surface area (Å²) in [6.07, 6.45) is 51.6. The lowest BCUT2D eigenvalue weighted by Gasteiger charge is -2.04. The monoisotopic (exact) mass is 505 g/mol. The smallest absolute Gasteiger partial charge is 0.0351 e. The molecule has 0 saturated heterocycles. The van der Waals surface area contributed by atoms with Gasteiger partial charge in [-0.15, -0.1) is 0 Å². The van der Waals surface area contributed by atoms with E-state index in [2.05, 4.69) is 26.0 Å². The van der Waals surface area contributed by atoms with Gasteiger partial charge in [-0.1, -0.05) is 212 Å². The second kappa shape index (κ2) is 34.7. The summed E-state index contributed by atoms with van der Waals surface area (Å²) in [6, 6.07) is 0. The molecular formula is C36H72. The summed E-state index contributed by atoms with van der Waals surface area (Å²) in [5, 5.41) is 0. The van der Waals surface area contributed by atoms with E-state index in [1.807, 2.05) is 0 Å². The maximum absolute atomic E-state index is 2.31. The number of unbranched alkanes of at least 4 members (excludes halogenated alkanes) is 31. The number of hydrogen-bond donors (Lipinski definition) is 0. The highest BCUT2D eigenvalue weighted by Gasteiger charge is 1.97. The Labute approximate surface area is 231 Å². The summed E-state index contributed by atoms with van der Waals surface area (Å²) in [5.74, 6) is 0. The van der Waals surface area contributed by atoms with Gasteiger partial charge in [0.1, 0.15) is 0 Å². The Balaban J connectivity index is 3.01. The fourth-order valence-electron chi connectivity index (χ4n) is 5.63. The first-order valence-corrected chi connectivity index (χ1v) is 17.5. The second-order valence-electron chi connectivity index (χ2n) is 12.0. The van der Waals surface area contributed by atoms with Gasteiger partial charge in [0.05, 0.1) is 0 Å². The van der Waals surface area contributed by atoms with Crippen LogP contribution in [0.1, 0.15) is 219 Å². The van der Waals surface area contributed by atoms with E-state index in [0.29, 0.717) is 0 Å². The van der Waals surface area contributed by atoms with Crippen molar-refractivity contribution in [2.75, 3.05) is 0 Å². The van der Waals surface area contributed by atoms with Gasteiger partial charge in [-0.2, -0.15) is 0 Å². The molecule has 0 aromatic heterocycles. The molecule has 0 amide bonds. The van der Waals surface area contributed by atoms with Crippen molar-refractivity contribution in [2.45, 2.75) is 219 Å². The lowest BCUT2D eigenvalue weighted by molar-refractivity contribution is 0.512. The SMILES string of the molecule is C/C=C/CCCCCCCCCCCCCCCCCCCCCCCCCCCCCCCCC. The molecule has 0 aliphatic rings. The lowest BCUT2D eigenvalue weighted by Crippen LogP contribution is -1.85. The van der Waals surface area contributed by atoms with Crippen molar-refractivity contribution in [2.24, 2.45) is 0 Å². The van der Waals surface area contributed by atoms with Crippen molar-refractivity contribution in [3.05, 3.63) is 12.2 Å². The third-order valence-corrected chi connectivity index (χ3v) is 8.21. The summed E-state index contributed by atoms with van der Waals surface area (Å²) in [4.78, 5) is 0. The van der Waals surface area contributed by atoms with Gasteiger partial charge in [-0.3, -0.25) is 0 Å². The van der Waals surface area contributed by atoms with E-state index >= 15 is 0 Å². The van der Waals surface area contributed by atoms with Crippen molar-refractivity contribution in [3.63, 3.8) is 0 Å². The van der Waals surface area contributed by atoms with E-state index in [1.54, 1.807) is 0 Å². The Bertz CT molecular complexity index is 381. The summed E-state index contributed by atoms with van der Waals surface area (Å²) < 4.78 is 0. The number of allylic oxidation sites excluding steroid dienone is 2. The van der Waals surface area contributed by atoms with Crippen LogP contribution < -0.4 is 0 Å². The first kappa shape index (κ1) is 35.7. The third kappa shape index (κ3) is 33.7. The highest BCUT2D eigenvalue weighted by atomic mass is 14.0. The highest BCUT2D eigenvalue weighted by molar-refractivity contribution is 4.76. The molecule has 0 bridgehead atoms. The zero-order chi connectivity index (χ0) is 26.0. The van der Waals surface area contributed by atoms with Crippen LogP contribution in [0.3, 0.4) is 0 Å². The van der Waals surface area contributed by atoms with Crippen LogP contribution in [0, 0.1) is 0 Å². The molecule has 0 saturated carbocycles. The van der Waals surface area contributed by atoms with Crippen LogP contribution in [0.5, 0.6) is 0 Å². The van der Waals surface area contributed by atoms with E-state index in [4.69, 9.17) is 0 Å². The zero-order valence-corrected chi connectivity index (χ0v) is 25.8. The van der Waals surface area contributed by atoms with E-state index in [1.165, 1.54) is 205 Å². The lowest BCUT2D eigenvalue weighted by atomic mass is 10.0. The molecular weight excluding hydrogens is 432 g/mol. The molecule has 0 aliphatic heterocycles. The normalized spacial score (nSPS) is 11.7. The molecule has 0 heteroatoms. The Hall–Kier alpha value is -0.260. The predicted octanol–water partition coefficient (Wildman–Crippen LogP) is 14.1. The minimum atomic E-state index is 1.29. The molecule has 216 valence electrons. The van der Waals surface area contributed by atoms with Crippen LogP contribution in [0.2, 0.25) is 0 Å². The van der Waals surface area contributed by atoms with Gasteiger partial charge in [-0.25, -0.2) is 0 Å². The Morgan fingerprint density at radius 2 is 0.472 bits per heavy atom. The maximum Gasteiger partial charge on any atom is -0.0351 e. The van der Waals surface area contributed by atoms with Gasteiger partial charge in [-0.05, 0) is 19.8 Å². The predicted molar refractivity (Wildman–Crippen MR) is 168 cm³/mol. The first-order valence-electron chi connectivity index (χ1n) is 17.5. The number of hydrogen-bond acceptors (Lipinski definition) is 0. The highest BCUT2D eigenvalue weighted by Crippen LogP contribution is 2.16. The summed E-state index contributed by atoms with van der Waals surface area (Å²) in [7, 11) is 0. The van der Waals surface area contributed by atoms with Gasteiger partial charge < -0.3 is 0 Å². The molecule has 0 fully saturated rings. The summed E-state index contributed by atoms with van der Waals surface area (Å²) in [6.45, 7) is 4.44. The fraction of sp³-hybridized carbons (Fsp3) is 0.944. The standard InChI is InChI=1S/C36H72/c1-3-5-7-9-11-13-15-17-19-21-23-25-27-29-31-33-35-36-34-32-30-28-26-24-22-20-18-16-14-12-10-8-6-4-2/h3,5H,4,6-36H2,1-2H3/b5-3+. The van der Waals surface area contributed by atoms with Crippen molar-refractivity contribution in [1.29, 1.82) is 0 Å². The van der Waals surface area contributed by atoms with Crippen LogP contribution in [-0.4, -0.2) is 0 Å². The summed E-state index contributed by atoms with van der Waals surface area (Å²) >= 11 is 0. The molecule has 0 nitrogen and oxygen atoms in total. The molecule has 0 atom stereocenters. The Morgan fingerprint density at radius 3 is 0.667 bits per heavy atom. The average Bonchev–Trinajstić information content (AvgIpc) is 2.89. The Morgan fingerprint density at radius 1 is 0.278 bits per heavy atom. The van der Waals surface area contributed by atoms with Gasteiger partial charge in [0, 0.05) is 0 Å². The van der Waals surface area contributed by atoms with Gasteiger partial charge in [0.2, 0.25) is 0 Å². The summed E-state index contributed by atoms with van der Waals surface area (Å²) in [5.41, 5.74) is 0. The van der Waals surface area contributed by atoms with Crippen molar-refractivity contribution in [1.82, 2.24) is 0 Å². The minimum Gasteiger partial charge on any atom is -0.0917 e. The van der Waals surface area contributed by atoms with Gasteiger partial charge in [0.25, 0.3) is 0 Å². The van der Waals surface area contributed by atoms with Crippen molar-refractivity contribution >= 4 is 0 Å². The topological polar surface area (TPSA) is 0 Å². The van der Waals surface area contributed by atoms with Crippen molar-refractivity contribution in [3.8, 4) is 0 Å². The molecule has 0 unspecified atom stereocenters. The van der Waals surface area contributed by atoms with E-state index in [-0.39, 0.29) is 0 Å². The molecule has 0 rings (SSSR count). The molecule has 0 spiro atoms. The van der Waals surface area contributed by atoms with E-state index in [0.717, 1.165) is 0 Å². The van der Waals surface area contributed by atoms with Crippen LogP contribution in [-0.2, 0) is 0 Å². The zero-order valence-electron chi connectivity index (χ0n) is 25.8. The van der Waals surface area contributed by atoms with Crippen molar-refractivity contribution < 1.29 is 0 Å². The molecule has 0 radical (unpaired) electrons. The molecule has 36 heavy (non-hydrogen) atoms. The second-order valence-corrected chi connectivity index (χ2v) is 12.0. The van der Waals surface area contributed by atoms with Crippen LogP contribution >= 0.6 is 0 Å². The van der Waals surface area contributed by atoms with E-state index in [9.17, 15) is 0 Å². The average molecular weight is 505 g/mol. The van der Waals surface area contributed by atoms with Crippen LogP contribution in [0.15, 0.2) is 12.2 Å². The van der Waals surface area contributed by atoms with Gasteiger partial charge in [0.15, 0.2) is 0 Å². The molecule has 0 aliphatic carbocycles. The molecule has 0 heterocycles. The third-order valence-electron chi connectivity index (χ3n) is 8.21. The van der Waals surface area contributed by atoms with Crippen LogP contribution in [0.25, 0.3) is 0 Å². The molecule has 0 aromatic rings. The van der Waals surface area contributed by atoms with Gasteiger partial charge >= 0.3 is 0 Å². The minimum absolute atomic E-state index is 1.29. The fourth-order valence-corrected chi connectivity index (χ4v) is 5.63. The molecule has 0 N–H and O–H groups in total. The van der Waals surface area contributed by atoms with Crippen LogP contribution in [0.4, 0.5) is 0 Å². The quantitative estimate of drug-likeness (QED) is 0.0631. The number of rotatable bonds is 32. The molecule has 0 aromatic carbocycles. The van der Waals surface area contributed by atoms with E-state index < -0.39 is 0 Å². The Kier molecular flexibility index (Phi) is 34.5.